The number of aliphatic hydroxyl groups is 1. The van der Waals surface area contributed by atoms with Gasteiger partial charge in [-0.25, -0.2) is 0 Å². The van der Waals surface area contributed by atoms with Gasteiger partial charge >= 0.3 is 0 Å². The van der Waals surface area contributed by atoms with Gasteiger partial charge in [0.25, 0.3) is 0 Å². The van der Waals surface area contributed by atoms with E-state index in [1.165, 1.54) is 0 Å². The van der Waals surface area contributed by atoms with E-state index in [1.807, 2.05) is 35.2 Å². The molecule has 6 nitrogen and oxygen atoms in total. The zero-order valence-electron chi connectivity index (χ0n) is 13.7. The van der Waals surface area contributed by atoms with E-state index in [9.17, 15) is 9.90 Å². The molecule has 23 heavy (non-hydrogen) atoms. The maximum absolute atomic E-state index is 12.1. The van der Waals surface area contributed by atoms with Gasteiger partial charge in [0.15, 0.2) is 0 Å². The Bertz CT molecular complexity index is 459. The molecule has 0 bridgehead atoms. The summed E-state index contributed by atoms with van der Waals surface area (Å²) in [5.41, 5.74) is 0. The first kappa shape index (κ1) is 17.7. The van der Waals surface area contributed by atoms with Gasteiger partial charge in [0.2, 0.25) is 5.91 Å². The largest absolute Gasteiger partial charge is 0.491 e. The van der Waals surface area contributed by atoms with Crippen molar-refractivity contribution in [3.63, 3.8) is 0 Å². The monoisotopic (exact) mass is 322 g/mol. The first-order valence-electron chi connectivity index (χ1n) is 8.09. The molecule has 1 amide bonds. The van der Waals surface area contributed by atoms with E-state index < -0.39 is 0 Å². The van der Waals surface area contributed by atoms with Gasteiger partial charge in [0, 0.05) is 32.7 Å². The van der Waals surface area contributed by atoms with Gasteiger partial charge in [0.05, 0.1) is 12.7 Å². The number of nitrogens with zero attached hydrogens (tertiary/aromatic N) is 2. The van der Waals surface area contributed by atoms with E-state index >= 15 is 0 Å². The number of β-amino-alcohol motifs (C(OH)–C–C–N with tert-alkyl or cyclic N) is 1. The van der Waals surface area contributed by atoms with Crippen molar-refractivity contribution in [2.75, 3.05) is 52.5 Å². The molecular formula is C17H26N2O4. The lowest BCUT2D eigenvalue weighted by Gasteiger charge is -2.35. The predicted octanol–water partition coefficient (Wildman–Crippen LogP) is 0.607. The maximum Gasteiger partial charge on any atom is 0.248 e. The number of benzene rings is 1. The van der Waals surface area contributed by atoms with Crippen LogP contribution in [-0.2, 0) is 9.53 Å². The van der Waals surface area contributed by atoms with Crippen LogP contribution in [0.1, 0.15) is 6.92 Å². The van der Waals surface area contributed by atoms with Gasteiger partial charge in [-0.15, -0.1) is 0 Å². The number of para-hydroxylation sites is 1. The lowest BCUT2D eigenvalue weighted by molar-refractivity contribution is -0.138. The molecule has 6 heteroatoms. The van der Waals surface area contributed by atoms with Crippen molar-refractivity contribution in [2.24, 2.45) is 0 Å². The minimum atomic E-state index is -0.329. The van der Waals surface area contributed by atoms with Crippen LogP contribution in [0.3, 0.4) is 0 Å². The number of rotatable bonds is 8. The summed E-state index contributed by atoms with van der Waals surface area (Å²) in [6, 6.07) is 9.53. The number of piperazine rings is 1. The summed E-state index contributed by atoms with van der Waals surface area (Å²) >= 11 is 0. The third-order valence-corrected chi connectivity index (χ3v) is 3.71. The third-order valence-electron chi connectivity index (χ3n) is 3.71. The van der Waals surface area contributed by atoms with E-state index in [0.717, 1.165) is 18.8 Å². The van der Waals surface area contributed by atoms with Crippen LogP contribution < -0.4 is 4.74 Å². The van der Waals surface area contributed by atoms with Crippen molar-refractivity contribution < 1.29 is 19.4 Å². The molecule has 0 radical (unpaired) electrons. The molecule has 1 aromatic carbocycles. The smallest absolute Gasteiger partial charge is 0.248 e. The topological polar surface area (TPSA) is 62.2 Å². The minimum Gasteiger partial charge on any atom is -0.491 e. The number of ether oxygens (including phenoxy) is 2. The number of carbonyl (C=O) groups is 1. The van der Waals surface area contributed by atoms with Gasteiger partial charge < -0.3 is 19.5 Å². The molecule has 0 saturated carbocycles. The van der Waals surface area contributed by atoms with E-state index in [2.05, 4.69) is 4.90 Å². The van der Waals surface area contributed by atoms with Crippen LogP contribution >= 0.6 is 0 Å². The van der Waals surface area contributed by atoms with Gasteiger partial charge in [0.1, 0.15) is 19.0 Å². The fourth-order valence-electron chi connectivity index (χ4n) is 2.54. The van der Waals surface area contributed by atoms with Gasteiger partial charge in [-0.2, -0.15) is 0 Å². The highest BCUT2D eigenvalue weighted by molar-refractivity contribution is 5.77. The van der Waals surface area contributed by atoms with Crippen LogP contribution in [0.15, 0.2) is 30.3 Å². The standard InChI is InChI=1S/C17H26N2O4/c1-15(20)13-18-7-9-19(10-8-18)17(21)14-22-11-12-23-16-5-3-2-4-6-16/h2-6,15,20H,7-14H2,1H3/t15-/m1/s1. The molecule has 1 N–H and O–H groups in total. The molecular weight excluding hydrogens is 296 g/mol. The van der Waals surface area contributed by atoms with Crippen molar-refractivity contribution >= 4 is 5.91 Å². The summed E-state index contributed by atoms with van der Waals surface area (Å²) in [6.45, 7) is 6.33. The summed E-state index contributed by atoms with van der Waals surface area (Å²) in [4.78, 5) is 16.0. The molecule has 0 aliphatic carbocycles. The molecule has 1 saturated heterocycles. The SMILES string of the molecule is C[C@@H](O)CN1CCN(C(=O)COCCOc2ccccc2)CC1. The van der Waals surface area contributed by atoms with Crippen molar-refractivity contribution in [1.82, 2.24) is 9.80 Å². The average molecular weight is 322 g/mol. The number of hydrogen-bond acceptors (Lipinski definition) is 5. The summed E-state index contributed by atoms with van der Waals surface area (Å²) in [5.74, 6) is 0.818. The van der Waals surface area contributed by atoms with Crippen LogP contribution in [0.2, 0.25) is 0 Å². The fourth-order valence-corrected chi connectivity index (χ4v) is 2.54. The molecule has 1 fully saturated rings. The Hall–Kier alpha value is -1.63. The first-order valence-corrected chi connectivity index (χ1v) is 8.09. The van der Waals surface area contributed by atoms with Crippen molar-refractivity contribution in [3.05, 3.63) is 30.3 Å². The van der Waals surface area contributed by atoms with Gasteiger partial charge in [-0.05, 0) is 19.1 Å². The third kappa shape index (κ3) is 6.56. The maximum atomic E-state index is 12.1. The number of aliphatic hydroxyl groups excluding tert-OH is 1. The summed E-state index contributed by atoms with van der Waals surface area (Å²) in [7, 11) is 0. The molecule has 1 aliphatic rings. The Morgan fingerprint density at radius 3 is 2.52 bits per heavy atom. The predicted molar refractivity (Wildman–Crippen MR) is 87.5 cm³/mol. The quantitative estimate of drug-likeness (QED) is 0.711. The summed E-state index contributed by atoms with van der Waals surface area (Å²) in [6.07, 6.45) is -0.329. The molecule has 1 heterocycles. The molecule has 1 aliphatic heterocycles. The number of amides is 1. The second-order valence-electron chi connectivity index (χ2n) is 5.74. The molecule has 128 valence electrons. The highest BCUT2D eigenvalue weighted by Crippen LogP contribution is 2.07. The Morgan fingerprint density at radius 1 is 1.17 bits per heavy atom. The highest BCUT2D eigenvalue weighted by atomic mass is 16.5. The van der Waals surface area contributed by atoms with Crippen LogP contribution in [0, 0.1) is 0 Å². The number of carbonyl (C=O) groups excluding carboxylic acids is 1. The first-order chi connectivity index (χ1) is 11.1. The van der Waals surface area contributed by atoms with E-state index in [4.69, 9.17) is 9.47 Å². The Labute approximate surface area is 137 Å². The van der Waals surface area contributed by atoms with Crippen molar-refractivity contribution in [2.45, 2.75) is 13.0 Å². The van der Waals surface area contributed by atoms with Crippen LogP contribution in [-0.4, -0.2) is 79.5 Å². The van der Waals surface area contributed by atoms with Crippen LogP contribution in [0.25, 0.3) is 0 Å². The average Bonchev–Trinajstić information content (AvgIpc) is 2.55. The molecule has 0 spiro atoms. The second-order valence-corrected chi connectivity index (χ2v) is 5.74. The molecule has 1 aromatic rings. The lowest BCUT2D eigenvalue weighted by atomic mass is 10.2. The van der Waals surface area contributed by atoms with E-state index in [1.54, 1.807) is 6.92 Å². The van der Waals surface area contributed by atoms with E-state index in [0.29, 0.717) is 32.8 Å². The zero-order chi connectivity index (χ0) is 16.5. The second kappa shape index (κ2) is 9.50. The molecule has 2 rings (SSSR count). The van der Waals surface area contributed by atoms with Crippen LogP contribution in [0.5, 0.6) is 5.75 Å². The normalized spacial score (nSPS) is 17.0. The van der Waals surface area contributed by atoms with E-state index in [-0.39, 0.29) is 18.6 Å². The minimum absolute atomic E-state index is 0.0152. The zero-order valence-corrected chi connectivity index (χ0v) is 13.7. The van der Waals surface area contributed by atoms with Gasteiger partial charge in [-0.1, -0.05) is 18.2 Å². The molecule has 0 aromatic heterocycles. The van der Waals surface area contributed by atoms with Crippen molar-refractivity contribution in [1.29, 1.82) is 0 Å². The van der Waals surface area contributed by atoms with Crippen LogP contribution in [0.4, 0.5) is 0 Å². The fraction of sp³-hybridized carbons (Fsp3) is 0.588. The Balaban J connectivity index is 1.55. The van der Waals surface area contributed by atoms with Crippen molar-refractivity contribution in [3.8, 4) is 5.75 Å². The summed E-state index contributed by atoms with van der Waals surface area (Å²) < 4.78 is 10.9. The number of hydrogen-bond donors (Lipinski definition) is 1. The highest BCUT2D eigenvalue weighted by Gasteiger charge is 2.21. The lowest BCUT2D eigenvalue weighted by Crippen LogP contribution is -2.51. The Morgan fingerprint density at radius 2 is 1.87 bits per heavy atom. The van der Waals surface area contributed by atoms with Gasteiger partial charge in [-0.3, -0.25) is 9.69 Å². The molecule has 1 atom stereocenters. The Kier molecular flexibility index (Phi) is 7.32. The summed E-state index contributed by atoms with van der Waals surface area (Å²) in [5, 5.41) is 9.37. The molecule has 0 unspecified atom stereocenters.